The molecule has 0 radical (unpaired) electrons. The minimum Gasteiger partial charge on any atom is -0.476 e. The summed E-state index contributed by atoms with van der Waals surface area (Å²) >= 11 is 1.41. The molecule has 1 unspecified atom stereocenters. The predicted molar refractivity (Wildman–Crippen MR) is 99.1 cm³/mol. The molecule has 8 nitrogen and oxygen atoms in total. The van der Waals surface area contributed by atoms with E-state index in [1.807, 2.05) is 24.0 Å². The van der Waals surface area contributed by atoms with Crippen molar-refractivity contribution in [2.45, 2.75) is 32.1 Å². The van der Waals surface area contributed by atoms with E-state index >= 15 is 0 Å². The molecule has 1 aliphatic carbocycles. The van der Waals surface area contributed by atoms with Crippen molar-refractivity contribution in [3.8, 4) is 5.88 Å². The third-order valence-electron chi connectivity index (χ3n) is 5.18. The maximum absolute atomic E-state index is 12.6. The van der Waals surface area contributed by atoms with Gasteiger partial charge in [-0.1, -0.05) is 0 Å². The number of likely N-dealkylation sites (tertiary alicyclic amines) is 1. The van der Waals surface area contributed by atoms with Gasteiger partial charge in [-0.25, -0.2) is 4.98 Å². The lowest BCUT2D eigenvalue weighted by Crippen LogP contribution is -2.29. The SMILES string of the molecule is Cc1ncsc1C(=O)N1CCC(COc2ccc3nnc(C4CC4)n3n2)C1. The molecule has 2 aliphatic rings. The standard InChI is InChI=1S/C18H20N6O2S/c1-11-16(27-10-19-11)18(25)23-7-6-12(8-23)9-26-15-5-4-14-20-21-17(13-2-3-13)24(14)22-15/h4-5,10,12-13H,2-3,6-9H2,1H3. The van der Waals surface area contributed by atoms with Crippen molar-refractivity contribution in [3.63, 3.8) is 0 Å². The van der Waals surface area contributed by atoms with Crippen molar-refractivity contribution in [1.29, 1.82) is 0 Å². The van der Waals surface area contributed by atoms with Gasteiger partial charge in [0.05, 0.1) is 17.8 Å². The van der Waals surface area contributed by atoms with Crippen LogP contribution in [0.25, 0.3) is 5.65 Å². The van der Waals surface area contributed by atoms with E-state index in [9.17, 15) is 4.79 Å². The van der Waals surface area contributed by atoms with Gasteiger partial charge in [0.2, 0.25) is 5.88 Å². The number of hydrogen-bond donors (Lipinski definition) is 0. The fourth-order valence-electron chi connectivity index (χ4n) is 3.47. The summed E-state index contributed by atoms with van der Waals surface area (Å²) in [6, 6.07) is 3.72. The molecular formula is C18H20N6O2S. The van der Waals surface area contributed by atoms with E-state index in [0.29, 0.717) is 30.9 Å². The molecule has 1 aliphatic heterocycles. The molecule has 0 spiro atoms. The van der Waals surface area contributed by atoms with Crippen LogP contribution in [-0.2, 0) is 0 Å². The van der Waals surface area contributed by atoms with E-state index in [1.54, 1.807) is 10.0 Å². The number of ether oxygens (including phenoxy) is 1. The van der Waals surface area contributed by atoms with Crippen LogP contribution in [0, 0.1) is 12.8 Å². The highest BCUT2D eigenvalue weighted by Gasteiger charge is 2.30. The Balaban J connectivity index is 1.22. The Morgan fingerprint density at radius 1 is 1.30 bits per heavy atom. The Labute approximate surface area is 160 Å². The average Bonchev–Trinajstić information content (AvgIpc) is 3.09. The molecule has 140 valence electrons. The maximum atomic E-state index is 12.6. The largest absolute Gasteiger partial charge is 0.476 e. The lowest BCUT2D eigenvalue weighted by Gasteiger charge is -2.16. The quantitative estimate of drug-likeness (QED) is 0.671. The summed E-state index contributed by atoms with van der Waals surface area (Å²) in [5, 5.41) is 13.0. The van der Waals surface area contributed by atoms with Gasteiger partial charge in [-0.15, -0.1) is 26.6 Å². The monoisotopic (exact) mass is 384 g/mol. The van der Waals surface area contributed by atoms with Gasteiger partial charge in [0.15, 0.2) is 11.5 Å². The molecule has 4 heterocycles. The normalized spacial score (nSPS) is 19.7. The van der Waals surface area contributed by atoms with E-state index in [4.69, 9.17) is 4.74 Å². The van der Waals surface area contributed by atoms with Gasteiger partial charge < -0.3 is 9.64 Å². The van der Waals surface area contributed by atoms with Crippen LogP contribution in [-0.4, -0.2) is 55.3 Å². The highest BCUT2D eigenvalue weighted by Crippen LogP contribution is 2.38. The Hall–Kier alpha value is -2.55. The van der Waals surface area contributed by atoms with E-state index in [2.05, 4.69) is 20.3 Å². The summed E-state index contributed by atoms with van der Waals surface area (Å²) < 4.78 is 7.73. The molecule has 1 saturated heterocycles. The van der Waals surface area contributed by atoms with Crippen LogP contribution in [0.2, 0.25) is 0 Å². The molecule has 5 rings (SSSR count). The highest BCUT2D eigenvalue weighted by atomic mass is 32.1. The Morgan fingerprint density at radius 3 is 2.96 bits per heavy atom. The number of aryl methyl sites for hydroxylation is 1. The minimum atomic E-state index is 0.0793. The number of thiazole rings is 1. The summed E-state index contributed by atoms with van der Waals surface area (Å²) in [6.45, 7) is 3.89. The molecule has 2 fully saturated rings. The number of aromatic nitrogens is 5. The van der Waals surface area contributed by atoms with Gasteiger partial charge in [0, 0.05) is 31.0 Å². The summed E-state index contributed by atoms with van der Waals surface area (Å²) in [5.74, 6) is 2.37. The fraction of sp³-hybridized carbons (Fsp3) is 0.500. The van der Waals surface area contributed by atoms with Gasteiger partial charge in [-0.05, 0) is 32.3 Å². The van der Waals surface area contributed by atoms with Crippen molar-refractivity contribution in [1.82, 2.24) is 29.7 Å². The first-order valence-corrected chi connectivity index (χ1v) is 10.1. The molecule has 3 aromatic rings. The number of carbonyl (C=O) groups excluding carboxylic acids is 1. The van der Waals surface area contributed by atoms with Gasteiger partial charge in [-0.2, -0.15) is 4.52 Å². The van der Waals surface area contributed by atoms with Crippen molar-refractivity contribution in [3.05, 3.63) is 34.0 Å². The van der Waals surface area contributed by atoms with Gasteiger partial charge in [0.1, 0.15) is 4.88 Å². The van der Waals surface area contributed by atoms with Gasteiger partial charge >= 0.3 is 0 Å². The van der Waals surface area contributed by atoms with Crippen LogP contribution >= 0.6 is 11.3 Å². The molecule has 0 bridgehead atoms. The topological polar surface area (TPSA) is 85.5 Å². The third-order valence-corrected chi connectivity index (χ3v) is 6.10. The number of carbonyl (C=O) groups is 1. The zero-order valence-corrected chi connectivity index (χ0v) is 15.9. The number of fused-ring (bicyclic) bond motifs is 1. The second kappa shape index (κ2) is 6.56. The van der Waals surface area contributed by atoms with Crippen molar-refractivity contribution in [2.24, 2.45) is 5.92 Å². The van der Waals surface area contributed by atoms with Gasteiger partial charge in [-0.3, -0.25) is 4.79 Å². The number of hydrogen-bond acceptors (Lipinski definition) is 7. The zero-order chi connectivity index (χ0) is 18.4. The van der Waals surface area contributed by atoms with Crippen molar-refractivity contribution < 1.29 is 9.53 Å². The summed E-state index contributed by atoms with van der Waals surface area (Å²) in [5.41, 5.74) is 3.28. The lowest BCUT2D eigenvalue weighted by atomic mass is 10.1. The third kappa shape index (κ3) is 3.16. The summed E-state index contributed by atoms with van der Waals surface area (Å²) in [7, 11) is 0. The first kappa shape index (κ1) is 16.6. The summed E-state index contributed by atoms with van der Waals surface area (Å²) in [6.07, 6.45) is 3.24. The van der Waals surface area contributed by atoms with Crippen LogP contribution in [0.4, 0.5) is 0 Å². The van der Waals surface area contributed by atoms with Gasteiger partial charge in [0.25, 0.3) is 5.91 Å². The highest BCUT2D eigenvalue weighted by molar-refractivity contribution is 7.11. The number of rotatable bonds is 5. The lowest BCUT2D eigenvalue weighted by molar-refractivity contribution is 0.0786. The fourth-order valence-corrected chi connectivity index (χ4v) is 4.24. The molecule has 1 saturated carbocycles. The zero-order valence-electron chi connectivity index (χ0n) is 15.0. The second-order valence-electron chi connectivity index (χ2n) is 7.26. The van der Waals surface area contributed by atoms with Crippen LogP contribution in [0.15, 0.2) is 17.6 Å². The molecule has 0 N–H and O–H groups in total. The van der Waals surface area contributed by atoms with Crippen LogP contribution in [0.1, 0.15) is 46.4 Å². The molecular weight excluding hydrogens is 364 g/mol. The smallest absolute Gasteiger partial charge is 0.265 e. The van der Waals surface area contributed by atoms with E-state index < -0.39 is 0 Å². The average molecular weight is 384 g/mol. The van der Waals surface area contributed by atoms with E-state index in [-0.39, 0.29) is 5.91 Å². The molecule has 27 heavy (non-hydrogen) atoms. The molecule has 1 amide bonds. The molecule has 3 aromatic heterocycles. The number of amides is 1. The first-order chi connectivity index (χ1) is 13.2. The maximum Gasteiger partial charge on any atom is 0.265 e. The van der Waals surface area contributed by atoms with Crippen LogP contribution in [0.5, 0.6) is 5.88 Å². The van der Waals surface area contributed by atoms with Crippen LogP contribution in [0.3, 0.4) is 0 Å². The molecule has 1 atom stereocenters. The Morgan fingerprint density at radius 2 is 2.19 bits per heavy atom. The Bertz CT molecular complexity index is 995. The predicted octanol–water partition coefficient (Wildman–Crippen LogP) is 2.31. The number of nitrogens with zero attached hydrogens (tertiary/aromatic N) is 6. The minimum absolute atomic E-state index is 0.0793. The van der Waals surface area contributed by atoms with Crippen LogP contribution < -0.4 is 4.74 Å². The first-order valence-electron chi connectivity index (χ1n) is 9.23. The molecule has 0 aromatic carbocycles. The summed E-state index contributed by atoms with van der Waals surface area (Å²) in [4.78, 5) is 19.4. The Kier molecular flexibility index (Phi) is 4.04. The van der Waals surface area contributed by atoms with E-state index in [1.165, 1.54) is 11.3 Å². The second-order valence-corrected chi connectivity index (χ2v) is 8.11. The van der Waals surface area contributed by atoms with Crippen molar-refractivity contribution in [2.75, 3.05) is 19.7 Å². The van der Waals surface area contributed by atoms with E-state index in [0.717, 1.165) is 47.8 Å². The van der Waals surface area contributed by atoms with Crippen molar-refractivity contribution >= 4 is 22.9 Å². The molecule has 9 heteroatoms.